The lowest BCUT2D eigenvalue weighted by molar-refractivity contribution is -0.140. The van der Waals surface area contributed by atoms with Crippen LogP contribution in [0.4, 0.5) is 0 Å². The molecule has 2 aromatic rings. The fraction of sp³-hybridized carbons (Fsp3) is 0.375. The molecule has 0 radical (unpaired) electrons. The van der Waals surface area contributed by atoms with Gasteiger partial charge >= 0.3 is 5.97 Å². The van der Waals surface area contributed by atoms with E-state index in [1.807, 2.05) is 42.8 Å². The Balaban J connectivity index is 2.31. The van der Waals surface area contributed by atoms with E-state index in [0.717, 1.165) is 28.4 Å². The summed E-state index contributed by atoms with van der Waals surface area (Å²) in [5, 5.41) is 4.57. The lowest BCUT2D eigenvalue weighted by Gasteiger charge is -2.07. The Hall–Kier alpha value is -2.30. The average Bonchev–Trinajstić information content (AvgIpc) is 2.79. The van der Waals surface area contributed by atoms with Crippen LogP contribution in [-0.4, -0.2) is 30.0 Å². The van der Waals surface area contributed by atoms with Crippen molar-refractivity contribution in [2.75, 3.05) is 14.2 Å². The van der Waals surface area contributed by atoms with Crippen molar-refractivity contribution in [1.82, 2.24) is 9.78 Å². The van der Waals surface area contributed by atoms with E-state index in [0.29, 0.717) is 12.8 Å². The molecule has 0 amide bonds. The van der Waals surface area contributed by atoms with Gasteiger partial charge in [-0.3, -0.25) is 4.79 Å². The SMILES string of the molecule is COC(=O)CCc1c(C)nn(-c2cccc(OC)c2)c1C. The molecule has 0 aliphatic heterocycles. The minimum Gasteiger partial charge on any atom is -0.497 e. The van der Waals surface area contributed by atoms with Crippen molar-refractivity contribution in [2.24, 2.45) is 0 Å². The predicted molar refractivity (Wildman–Crippen MR) is 79.9 cm³/mol. The zero-order valence-electron chi connectivity index (χ0n) is 12.8. The first-order valence-corrected chi connectivity index (χ1v) is 6.83. The van der Waals surface area contributed by atoms with Gasteiger partial charge in [0.25, 0.3) is 0 Å². The van der Waals surface area contributed by atoms with Crippen LogP contribution in [0.15, 0.2) is 24.3 Å². The first-order chi connectivity index (χ1) is 10.1. The van der Waals surface area contributed by atoms with Crippen LogP contribution in [0.2, 0.25) is 0 Å². The maximum atomic E-state index is 11.3. The molecule has 5 nitrogen and oxygen atoms in total. The van der Waals surface area contributed by atoms with Crippen molar-refractivity contribution in [2.45, 2.75) is 26.7 Å². The van der Waals surface area contributed by atoms with Crippen LogP contribution in [0.25, 0.3) is 5.69 Å². The highest BCUT2D eigenvalue weighted by Crippen LogP contribution is 2.22. The Morgan fingerprint density at radius 1 is 1.29 bits per heavy atom. The van der Waals surface area contributed by atoms with Crippen molar-refractivity contribution in [3.05, 3.63) is 41.2 Å². The zero-order chi connectivity index (χ0) is 15.4. The molecule has 0 saturated carbocycles. The number of benzene rings is 1. The Kier molecular flexibility index (Phi) is 4.62. The van der Waals surface area contributed by atoms with Gasteiger partial charge in [0.2, 0.25) is 0 Å². The number of ether oxygens (including phenoxy) is 2. The van der Waals surface area contributed by atoms with Gasteiger partial charge in [0.05, 0.1) is 25.6 Å². The number of methoxy groups -OCH3 is 2. The predicted octanol–water partition coefficient (Wildman–Crippen LogP) is 2.60. The quantitative estimate of drug-likeness (QED) is 0.794. The van der Waals surface area contributed by atoms with Gasteiger partial charge in [0.15, 0.2) is 0 Å². The highest BCUT2D eigenvalue weighted by atomic mass is 16.5. The van der Waals surface area contributed by atoms with E-state index in [1.165, 1.54) is 7.11 Å². The van der Waals surface area contributed by atoms with E-state index in [-0.39, 0.29) is 5.97 Å². The Bertz CT molecular complexity index is 647. The van der Waals surface area contributed by atoms with Gasteiger partial charge in [-0.1, -0.05) is 6.07 Å². The Labute approximate surface area is 124 Å². The molecule has 5 heteroatoms. The third-order valence-corrected chi connectivity index (χ3v) is 3.55. The third-order valence-electron chi connectivity index (χ3n) is 3.55. The number of nitrogens with zero attached hydrogens (tertiary/aromatic N) is 2. The molecule has 0 atom stereocenters. The molecule has 112 valence electrons. The molecule has 0 aliphatic rings. The number of hydrogen-bond acceptors (Lipinski definition) is 4. The normalized spacial score (nSPS) is 10.5. The molecular formula is C16H20N2O3. The molecule has 1 heterocycles. The molecule has 0 N–H and O–H groups in total. The standard InChI is InChI=1S/C16H20N2O3/c1-11-15(8-9-16(19)21-4)12(2)18(17-11)13-6-5-7-14(10-13)20-3/h5-7,10H,8-9H2,1-4H3. The van der Waals surface area contributed by atoms with Crippen molar-refractivity contribution < 1.29 is 14.3 Å². The maximum Gasteiger partial charge on any atom is 0.305 e. The monoisotopic (exact) mass is 288 g/mol. The fourth-order valence-corrected chi connectivity index (χ4v) is 2.36. The van der Waals surface area contributed by atoms with E-state index in [4.69, 9.17) is 9.47 Å². The topological polar surface area (TPSA) is 53.3 Å². The second-order valence-electron chi connectivity index (χ2n) is 4.84. The van der Waals surface area contributed by atoms with Crippen LogP contribution >= 0.6 is 0 Å². The van der Waals surface area contributed by atoms with Gasteiger partial charge in [-0.05, 0) is 38.0 Å². The molecule has 0 saturated heterocycles. The Morgan fingerprint density at radius 3 is 2.71 bits per heavy atom. The van der Waals surface area contributed by atoms with Gasteiger partial charge in [-0.15, -0.1) is 0 Å². The van der Waals surface area contributed by atoms with Crippen molar-refractivity contribution in [3.8, 4) is 11.4 Å². The van der Waals surface area contributed by atoms with E-state index < -0.39 is 0 Å². The molecule has 0 fully saturated rings. The first-order valence-electron chi connectivity index (χ1n) is 6.83. The van der Waals surface area contributed by atoms with Crippen molar-refractivity contribution in [1.29, 1.82) is 0 Å². The van der Waals surface area contributed by atoms with E-state index in [2.05, 4.69) is 5.10 Å². The van der Waals surface area contributed by atoms with Gasteiger partial charge in [-0.2, -0.15) is 5.10 Å². The summed E-state index contributed by atoms with van der Waals surface area (Å²) in [7, 11) is 3.05. The Morgan fingerprint density at radius 2 is 2.05 bits per heavy atom. The number of esters is 1. The van der Waals surface area contributed by atoms with Crippen LogP contribution in [0.1, 0.15) is 23.4 Å². The molecular weight excluding hydrogens is 268 g/mol. The summed E-state index contributed by atoms with van der Waals surface area (Å²) >= 11 is 0. The molecule has 1 aromatic heterocycles. The minimum atomic E-state index is -0.206. The summed E-state index contributed by atoms with van der Waals surface area (Å²) in [5.74, 6) is 0.582. The largest absolute Gasteiger partial charge is 0.497 e. The lowest BCUT2D eigenvalue weighted by atomic mass is 10.1. The van der Waals surface area contributed by atoms with Gasteiger partial charge in [-0.25, -0.2) is 4.68 Å². The van der Waals surface area contributed by atoms with Crippen molar-refractivity contribution >= 4 is 5.97 Å². The van der Waals surface area contributed by atoms with Crippen LogP contribution in [0.3, 0.4) is 0 Å². The number of rotatable bonds is 5. The molecule has 0 spiro atoms. The second-order valence-corrected chi connectivity index (χ2v) is 4.84. The lowest BCUT2D eigenvalue weighted by Crippen LogP contribution is -2.03. The molecule has 0 unspecified atom stereocenters. The summed E-state index contributed by atoms with van der Waals surface area (Å²) in [6.07, 6.45) is 0.996. The number of carbonyl (C=O) groups excluding carboxylic acids is 1. The average molecular weight is 288 g/mol. The smallest absolute Gasteiger partial charge is 0.305 e. The summed E-state index contributed by atoms with van der Waals surface area (Å²) in [6, 6.07) is 7.74. The molecule has 0 bridgehead atoms. The molecule has 0 aliphatic carbocycles. The van der Waals surface area contributed by atoms with Crippen LogP contribution in [0, 0.1) is 13.8 Å². The highest BCUT2D eigenvalue weighted by Gasteiger charge is 2.14. The minimum absolute atomic E-state index is 0.206. The summed E-state index contributed by atoms with van der Waals surface area (Å²) in [4.78, 5) is 11.3. The first kappa shape index (κ1) is 15.1. The van der Waals surface area contributed by atoms with Crippen molar-refractivity contribution in [3.63, 3.8) is 0 Å². The van der Waals surface area contributed by atoms with Gasteiger partial charge < -0.3 is 9.47 Å². The molecule has 2 rings (SSSR count). The van der Waals surface area contributed by atoms with Crippen LogP contribution in [-0.2, 0) is 16.0 Å². The van der Waals surface area contributed by atoms with E-state index in [1.54, 1.807) is 7.11 Å². The summed E-state index contributed by atoms with van der Waals surface area (Å²) in [6.45, 7) is 3.96. The molecule has 21 heavy (non-hydrogen) atoms. The summed E-state index contributed by atoms with van der Waals surface area (Å²) < 4.78 is 11.8. The van der Waals surface area contributed by atoms with Crippen LogP contribution < -0.4 is 4.74 Å². The second kappa shape index (κ2) is 6.43. The van der Waals surface area contributed by atoms with Crippen LogP contribution in [0.5, 0.6) is 5.75 Å². The van der Waals surface area contributed by atoms with Gasteiger partial charge in [0, 0.05) is 18.2 Å². The van der Waals surface area contributed by atoms with E-state index in [9.17, 15) is 4.79 Å². The number of aromatic nitrogens is 2. The molecule has 1 aromatic carbocycles. The zero-order valence-corrected chi connectivity index (χ0v) is 12.8. The van der Waals surface area contributed by atoms with E-state index >= 15 is 0 Å². The summed E-state index contributed by atoms with van der Waals surface area (Å²) in [5.41, 5.74) is 3.99. The maximum absolute atomic E-state index is 11.3. The van der Waals surface area contributed by atoms with Gasteiger partial charge in [0.1, 0.15) is 5.75 Å². The number of aryl methyl sites for hydroxylation is 1. The third kappa shape index (κ3) is 3.24. The highest BCUT2D eigenvalue weighted by molar-refractivity contribution is 5.69. The number of carbonyl (C=O) groups is 1. The fourth-order valence-electron chi connectivity index (χ4n) is 2.36. The number of hydrogen-bond donors (Lipinski definition) is 0.